The number of allylic oxidation sites excluding steroid dienone is 1. The molecule has 1 aromatic heterocycles. The van der Waals surface area contributed by atoms with E-state index in [4.69, 9.17) is 9.15 Å². The minimum Gasteiger partial charge on any atom is -0.507 e. The van der Waals surface area contributed by atoms with E-state index in [2.05, 4.69) is 11.5 Å². The largest absolute Gasteiger partial charge is 0.507 e. The van der Waals surface area contributed by atoms with Gasteiger partial charge >= 0.3 is 5.63 Å². The lowest BCUT2D eigenvalue weighted by molar-refractivity contribution is 0.0339. The molecule has 0 radical (unpaired) electrons. The zero-order chi connectivity index (χ0) is 16.4. The summed E-state index contributed by atoms with van der Waals surface area (Å²) in [6.45, 7) is 9.37. The highest BCUT2D eigenvalue weighted by molar-refractivity contribution is 5.86. The third-order valence-corrected chi connectivity index (χ3v) is 4.24. The van der Waals surface area contributed by atoms with E-state index in [9.17, 15) is 9.90 Å². The summed E-state index contributed by atoms with van der Waals surface area (Å²) in [4.78, 5) is 13.9. The van der Waals surface area contributed by atoms with E-state index in [1.165, 1.54) is 6.07 Å². The first-order valence-corrected chi connectivity index (χ1v) is 7.79. The van der Waals surface area contributed by atoms with E-state index in [0.29, 0.717) is 37.3 Å². The Kier molecular flexibility index (Phi) is 4.50. The number of fused-ring (bicyclic) bond motifs is 1. The van der Waals surface area contributed by atoms with E-state index in [-0.39, 0.29) is 5.75 Å². The van der Waals surface area contributed by atoms with E-state index in [1.54, 1.807) is 6.08 Å². The van der Waals surface area contributed by atoms with Gasteiger partial charge in [-0.25, -0.2) is 4.79 Å². The maximum Gasteiger partial charge on any atom is 0.336 e. The summed E-state index contributed by atoms with van der Waals surface area (Å²) in [6, 6.07) is 3.40. The molecule has 3 rings (SSSR count). The summed E-state index contributed by atoms with van der Waals surface area (Å²) in [7, 11) is 0. The molecule has 1 fully saturated rings. The fourth-order valence-corrected chi connectivity index (χ4v) is 3.02. The van der Waals surface area contributed by atoms with Crippen LogP contribution in [0, 0.1) is 6.92 Å². The lowest BCUT2D eigenvalue weighted by Gasteiger charge is -2.27. The first-order chi connectivity index (χ1) is 11.1. The van der Waals surface area contributed by atoms with Crippen molar-refractivity contribution in [1.29, 1.82) is 0 Å². The molecular formula is C18H21NO4. The van der Waals surface area contributed by atoms with Gasteiger partial charge < -0.3 is 14.3 Å². The minimum absolute atomic E-state index is 0.192. The standard InChI is InChI=1S/C18H21NO4/c1-3-4-14-17(21)13(11-19-5-7-22-8-6-19)10-15-12(2)9-16(20)23-18(14)15/h3,9-10,21H,1,4-8,11H2,2H3. The topological polar surface area (TPSA) is 62.9 Å². The van der Waals surface area contributed by atoms with Crippen molar-refractivity contribution >= 4 is 11.0 Å². The molecule has 1 aliphatic heterocycles. The lowest BCUT2D eigenvalue weighted by atomic mass is 9.99. The summed E-state index contributed by atoms with van der Waals surface area (Å²) in [6.07, 6.45) is 2.15. The van der Waals surface area contributed by atoms with Gasteiger partial charge in [0, 0.05) is 42.2 Å². The maximum absolute atomic E-state index is 11.7. The second-order valence-electron chi connectivity index (χ2n) is 5.87. The van der Waals surface area contributed by atoms with Gasteiger partial charge in [-0.2, -0.15) is 0 Å². The Hall–Kier alpha value is -2.11. The second kappa shape index (κ2) is 6.56. The Morgan fingerprint density at radius 2 is 2.09 bits per heavy atom. The molecule has 2 aromatic rings. The van der Waals surface area contributed by atoms with Crippen LogP contribution < -0.4 is 5.63 Å². The van der Waals surface area contributed by atoms with Crippen LogP contribution in [0.1, 0.15) is 16.7 Å². The highest BCUT2D eigenvalue weighted by atomic mass is 16.5. The predicted octanol–water partition coefficient (Wildman–Crippen LogP) is 2.37. The molecule has 23 heavy (non-hydrogen) atoms. The van der Waals surface area contributed by atoms with Crippen LogP contribution in [0.3, 0.4) is 0 Å². The Morgan fingerprint density at radius 3 is 2.78 bits per heavy atom. The van der Waals surface area contributed by atoms with Gasteiger partial charge in [0.1, 0.15) is 11.3 Å². The Bertz CT molecular complexity index is 788. The molecule has 0 amide bonds. The number of aryl methyl sites for hydroxylation is 1. The molecule has 0 aliphatic carbocycles. The smallest absolute Gasteiger partial charge is 0.336 e. The Labute approximate surface area is 134 Å². The molecular weight excluding hydrogens is 294 g/mol. The summed E-state index contributed by atoms with van der Waals surface area (Å²) in [5.74, 6) is 0.192. The van der Waals surface area contributed by atoms with Crippen LogP contribution in [0.4, 0.5) is 0 Å². The molecule has 0 atom stereocenters. The third kappa shape index (κ3) is 3.16. The van der Waals surface area contributed by atoms with Crippen LogP contribution in [0.2, 0.25) is 0 Å². The van der Waals surface area contributed by atoms with Crippen molar-refractivity contribution in [3.63, 3.8) is 0 Å². The number of benzene rings is 1. The van der Waals surface area contributed by atoms with Gasteiger partial charge in [-0.15, -0.1) is 6.58 Å². The fourth-order valence-electron chi connectivity index (χ4n) is 3.02. The minimum atomic E-state index is -0.402. The molecule has 0 bridgehead atoms. The fraction of sp³-hybridized carbons (Fsp3) is 0.389. The molecule has 2 heterocycles. The molecule has 1 aliphatic rings. The third-order valence-electron chi connectivity index (χ3n) is 4.24. The summed E-state index contributed by atoms with van der Waals surface area (Å²) in [5, 5.41) is 11.5. The number of phenolic OH excluding ortho intramolecular Hbond substituents is 1. The lowest BCUT2D eigenvalue weighted by Crippen LogP contribution is -2.35. The van der Waals surface area contributed by atoms with E-state index in [0.717, 1.165) is 29.6 Å². The van der Waals surface area contributed by atoms with Crippen molar-refractivity contribution in [1.82, 2.24) is 4.90 Å². The number of hydrogen-bond donors (Lipinski definition) is 1. The number of rotatable bonds is 4. The molecule has 1 aromatic carbocycles. The normalized spacial score (nSPS) is 15.9. The zero-order valence-corrected chi connectivity index (χ0v) is 13.3. The monoisotopic (exact) mass is 315 g/mol. The van der Waals surface area contributed by atoms with E-state index < -0.39 is 5.63 Å². The average Bonchev–Trinajstić information content (AvgIpc) is 2.53. The molecule has 5 nitrogen and oxygen atoms in total. The first-order valence-electron chi connectivity index (χ1n) is 7.79. The highest BCUT2D eigenvalue weighted by Gasteiger charge is 2.19. The van der Waals surface area contributed by atoms with Crippen molar-refractivity contribution in [3.8, 4) is 5.75 Å². The molecule has 0 spiro atoms. The molecule has 0 saturated carbocycles. The molecule has 122 valence electrons. The van der Waals surface area contributed by atoms with Crippen molar-refractivity contribution in [2.45, 2.75) is 19.9 Å². The molecule has 1 N–H and O–H groups in total. The number of ether oxygens (including phenoxy) is 1. The summed E-state index contributed by atoms with van der Waals surface area (Å²) >= 11 is 0. The molecule has 1 saturated heterocycles. The van der Waals surface area contributed by atoms with Crippen LogP contribution in [-0.2, 0) is 17.7 Å². The molecule has 5 heteroatoms. The summed E-state index contributed by atoms with van der Waals surface area (Å²) < 4.78 is 10.7. The Balaban J connectivity index is 2.12. The van der Waals surface area contributed by atoms with Crippen LogP contribution in [0.25, 0.3) is 11.0 Å². The number of aromatic hydroxyl groups is 1. The van der Waals surface area contributed by atoms with Crippen LogP contribution in [0.5, 0.6) is 5.75 Å². The summed E-state index contributed by atoms with van der Waals surface area (Å²) in [5.41, 5.74) is 2.37. The number of phenols is 1. The predicted molar refractivity (Wildman–Crippen MR) is 88.9 cm³/mol. The van der Waals surface area contributed by atoms with Gasteiger partial charge in [-0.1, -0.05) is 6.08 Å². The van der Waals surface area contributed by atoms with Crippen LogP contribution in [0.15, 0.2) is 34.0 Å². The van der Waals surface area contributed by atoms with Gasteiger partial charge in [-0.3, -0.25) is 4.90 Å². The van der Waals surface area contributed by atoms with Gasteiger partial charge in [-0.05, 0) is 25.0 Å². The van der Waals surface area contributed by atoms with Crippen molar-refractivity contribution < 1.29 is 14.3 Å². The number of nitrogens with zero attached hydrogens (tertiary/aromatic N) is 1. The van der Waals surface area contributed by atoms with Crippen LogP contribution >= 0.6 is 0 Å². The van der Waals surface area contributed by atoms with Gasteiger partial charge in [0.15, 0.2) is 0 Å². The van der Waals surface area contributed by atoms with E-state index in [1.807, 2.05) is 13.0 Å². The van der Waals surface area contributed by atoms with E-state index >= 15 is 0 Å². The van der Waals surface area contributed by atoms with Gasteiger partial charge in [0.2, 0.25) is 0 Å². The van der Waals surface area contributed by atoms with Crippen molar-refractivity contribution in [3.05, 3.63) is 51.9 Å². The quantitative estimate of drug-likeness (QED) is 0.693. The number of morpholine rings is 1. The zero-order valence-electron chi connectivity index (χ0n) is 13.3. The van der Waals surface area contributed by atoms with Crippen LogP contribution in [-0.4, -0.2) is 36.3 Å². The first kappa shape index (κ1) is 15.8. The highest BCUT2D eigenvalue weighted by Crippen LogP contribution is 2.33. The Morgan fingerprint density at radius 1 is 1.35 bits per heavy atom. The number of hydrogen-bond acceptors (Lipinski definition) is 5. The van der Waals surface area contributed by atoms with Crippen molar-refractivity contribution in [2.75, 3.05) is 26.3 Å². The second-order valence-corrected chi connectivity index (χ2v) is 5.87. The van der Waals surface area contributed by atoms with Crippen molar-refractivity contribution in [2.24, 2.45) is 0 Å². The average molecular weight is 315 g/mol. The molecule has 0 unspecified atom stereocenters. The SMILES string of the molecule is C=CCc1c(O)c(CN2CCOCC2)cc2c(C)cc(=O)oc12. The maximum atomic E-state index is 11.7. The van der Waals surface area contributed by atoms with Gasteiger partial charge in [0.25, 0.3) is 0 Å². The van der Waals surface area contributed by atoms with Gasteiger partial charge in [0.05, 0.1) is 13.2 Å².